The van der Waals surface area contributed by atoms with Gasteiger partial charge in [0.1, 0.15) is 0 Å². The molecular weight excluding hydrogens is 144 g/mol. The summed E-state index contributed by atoms with van der Waals surface area (Å²) in [6.07, 6.45) is 4.00. The molecule has 0 aromatic carbocycles. The topological polar surface area (TPSA) is 38.0 Å². The van der Waals surface area contributed by atoms with Crippen LogP contribution in [0.3, 0.4) is 0 Å². The molecule has 10 heavy (non-hydrogen) atoms. The van der Waals surface area contributed by atoms with Gasteiger partial charge in [-0.3, -0.25) is 0 Å². The van der Waals surface area contributed by atoms with Crippen LogP contribution in [-0.2, 0) is 0 Å². The molecule has 1 fully saturated rings. The van der Waals surface area contributed by atoms with E-state index >= 15 is 0 Å². The minimum atomic E-state index is 0.424. The Hall–Kier alpha value is -0.310. The lowest BCUT2D eigenvalue weighted by molar-refractivity contribution is 0.564. The number of thiocarbonyl (C=S) groups is 1. The van der Waals surface area contributed by atoms with Crippen LogP contribution in [-0.4, -0.2) is 11.2 Å². The lowest BCUT2D eigenvalue weighted by Gasteiger charge is -2.11. The first-order chi connectivity index (χ1) is 4.68. The average Bonchev–Trinajstić information content (AvgIpc) is 2.46. The van der Waals surface area contributed by atoms with Gasteiger partial charge in [0.25, 0.3) is 0 Å². The van der Waals surface area contributed by atoms with Gasteiger partial charge in [0.2, 0.25) is 0 Å². The van der Waals surface area contributed by atoms with E-state index in [1.807, 2.05) is 0 Å². The molecule has 1 saturated carbocycles. The van der Waals surface area contributed by atoms with Crippen LogP contribution in [0.4, 0.5) is 0 Å². The third-order valence-electron chi connectivity index (χ3n) is 1.77. The standard InChI is InChI=1S/C7H14N2S/c1-5(9-7(8)10)4-6-2-3-6/h5-6H,2-4H2,1H3,(H3,8,9,10). The van der Waals surface area contributed by atoms with Crippen molar-refractivity contribution in [2.75, 3.05) is 0 Å². The molecule has 1 unspecified atom stereocenters. The van der Waals surface area contributed by atoms with Crippen molar-refractivity contribution >= 4 is 17.3 Å². The fourth-order valence-corrected chi connectivity index (χ4v) is 1.36. The van der Waals surface area contributed by atoms with E-state index in [9.17, 15) is 0 Å². The van der Waals surface area contributed by atoms with Crippen LogP contribution in [0.2, 0.25) is 0 Å². The quantitative estimate of drug-likeness (QED) is 0.602. The first-order valence-corrected chi connectivity index (χ1v) is 4.15. The zero-order chi connectivity index (χ0) is 7.56. The Kier molecular flexibility index (Phi) is 2.49. The van der Waals surface area contributed by atoms with Gasteiger partial charge in [0.05, 0.1) is 0 Å². The smallest absolute Gasteiger partial charge is 0.163 e. The summed E-state index contributed by atoms with van der Waals surface area (Å²) in [6, 6.07) is 0.463. The lowest BCUT2D eigenvalue weighted by Crippen LogP contribution is -2.36. The van der Waals surface area contributed by atoms with Crippen LogP contribution in [0.1, 0.15) is 26.2 Å². The van der Waals surface area contributed by atoms with Crippen molar-refractivity contribution in [2.24, 2.45) is 11.7 Å². The van der Waals surface area contributed by atoms with Crippen LogP contribution in [0, 0.1) is 5.92 Å². The lowest BCUT2D eigenvalue weighted by atomic mass is 10.2. The fraction of sp³-hybridized carbons (Fsp3) is 0.857. The number of hydrogen-bond acceptors (Lipinski definition) is 1. The molecule has 1 rings (SSSR count). The van der Waals surface area contributed by atoms with Gasteiger partial charge in [-0.15, -0.1) is 0 Å². The van der Waals surface area contributed by atoms with Gasteiger partial charge in [-0.25, -0.2) is 0 Å². The number of hydrogen-bond donors (Lipinski definition) is 2. The predicted molar refractivity (Wildman–Crippen MR) is 46.7 cm³/mol. The summed E-state index contributed by atoms with van der Waals surface area (Å²) in [7, 11) is 0. The van der Waals surface area contributed by atoms with E-state index in [1.165, 1.54) is 19.3 Å². The molecule has 0 heterocycles. The highest BCUT2D eigenvalue weighted by molar-refractivity contribution is 7.80. The molecule has 3 N–H and O–H groups in total. The van der Waals surface area contributed by atoms with E-state index in [0.717, 1.165) is 5.92 Å². The SMILES string of the molecule is CC(CC1CC1)NC(N)=S. The second-order valence-corrected chi connectivity index (χ2v) is 3.53. The maximum absolute atomic E-state index is 5.31. The largest absolute Gasteiger partial charge is 0.376 e. The molecule has 0 aromatic rings. The summed E-state index contributed by atoms with van der Waals surface area (Å²) in [5.74, 6) is 0.942. The third-order valence-corrected chi connectivity index (χ3v) is 1.89. The minimum Gasteiger partial charge on any atom is -0.376 e. The Balaban J connectivity index is 2.07. The van der Waals surface area contributed by atoms with Crippen molar-refractivity contribution in [3.63, 3.8) is 0 Å². The van der Waals surface area contributed by atoms with Crippen LogP contribution < -0.4 is 11.1 Å². The highest BCUT2D eigenvalue weighted by Crippen LogP contribution is 2.33. The summed E-state index contributed by atoms with van der Waals surface area (Å²) in [6.45, 7) is 2.12. The molecule has 0 saturated heterocycles. The van der Waals surface area contributed by atoms with Crippen LogP contribution in [0.15, 0.2) is 0 Å². The fourth-order valence-electron chi connectivity index (χ4n) is 1.16. The molecule has 0 spiro atoms. The van der Waals surface area contributed by atoms with Crippen molar-refractivity contribution in [1.82, 2.24) is 5.32 Å². The number of rotatable bonds is 3. The predicted octanol–water partition coefficient (Wildman–Crippen LogP) is 1.01. The van der Waals surface area contributed by atoms with E-state index in [2.05, 4.69) is 12.2 Å². The molecule has 0 aromatic heterocycles. The molecule has 58 valence electrons. The van der Waals surface area contributed by atoms with Gasteiger partial charge in [0.15, 0.2) is 5.11 Å². The molecule has 1 aliphatic carbocycles. The Labute approximate surface area is 67.2 Å². The number of nitrogens with two attached hydrogens (primary N) is 1. The van der Waals surface area contributed by atoms with Crippen molar-refractivity contribution < 1.29 is 0 Å². The monoisotopic (exact) mass is 158 g/mol. The first-order valence-electron chi connectivity index (χ1n) is 3.74. The molecule has 3 heteroatoms. The van der Waals surface area contributed by atoms with Gasteiger partial charge in [-0.1, -0.05) is 12.8 Å². The van der Waals surface area contributed by atoms with Crippen molar-refractivity contribution in [3.05, 3.63) is 0 Å². The van der Waals surface area contributed by atoms with Crippen molar-refractivity contribution in [3.8, 4) is 0 Å². The molecule has 1 atom stereocenters. The Morgan fingerprint density at radius 1 is 1.80 bits per heavy atom. The first kappa shape index (κ1) is 7.79. The van der Waals surface area contributed by atoms with E-state index in [4.69, 9.17) is 18.0 Å². The maximum Gasteiger partial charge on any atom is 0.163 e. The molecule has 0 radical (unpaired) electrons. The zero-order valence-corrected chi connectivity index (χ0v) is 7.08. The molecule has 1 aliphatic rings. The van der Waals surface area contributed by atoms with Gasteiger partial charge >= 0.3 is 0 Å². The zero-order valence-electron chi connectivity index (χ0n) is 6.26. The summed E-state index contributed by atoms with van der Waals surface area (Å²) in [4.78, 5) is 0. The van der Waals surface area contributed by atoms with Crippen LogP contribution >= 0.6 is 12.2 Å². The molecule has 0 amide bonds. The van der Waals surface area contributed by atoms with Crippen molar-refractivity contribution in [1.29, 1.82) is 0 Å². The highest BCUT2D eigenvalue weighted by Gasteiger charge is 2.23. The Morgan fingerprint density at radius 3 is 2.80 bits per heavy atom. The van der Waals surface area contributed by atoms with Gasteiger partial charge < -0.3 is 11.1 Å². The maximum atomic E-state index is 5.31. The van der Waals surface area contributed by atoms with Crippen LogP contribution in [0.25, 0.3) is 0 Å². The van der Waals surface area contributed by atoms with E-state index in [-0.39, 0.29) is 0 Å². The van der Waals surface area contributed by atoms with E-state index in [1.54, 1.807) is 0 Å². The van der Waals surface area contributed by atoms with Crippen molar-refractivity contribution in [2.45, 2.75) is 32.2 Å². The van der Waals surface area contributed by atoms with E-state index < -0.39 is 0 Å². The molecule has 2 nitrogen and oxygen atoms in total. The Morgan fingerprint density at radius 2 is 2.40 bits per heavy atom. The Bertz CT molecular complexity index is 132. The molecular formula is C7H14N2S. The third kappa shape index (κ3) is 3.01. The normalized spacial score (nSPS) is 20.1. The summed E-state index contributed by atoms with van der Waals surface area (Å²) in [5, 5.41) is 3.45. The highest BCUT2D eigenvalue weighted by atomic mass is 32.1. The summed E-state index contributed by atoms with van der Waals surface area (Å²) < 4.78 is 0. The van der Waals surface area contributed by atoms with Gasteiger partial charge in [-0.05, 0) is 31.5 Å². The number of nitrogens with one attached hydrogen (secondary N) is 1. The van der Waals surface area contributed by atoms with Gasteiger partial charge in [-0.2, -0.15) is 0 Å². The minimum absolute atomic E-state index is 0.424. The average molecular weight is 158 g/mol. The molecule has 0 bridgehead atoms. The summed E-state index contributed by atoms with van der Waals surface area (Å²) >= 11 is 4.71. The molecule has 0 aliphatic heterocycles. The van der Waals surface area contributed by atoms with E-state index in [0.29, 0.717) is 11.2 Å². The summed E-state index contributed by atoms with van der Waals surface area (Å²) in [5.41, 5.74) is 5.31. The second kappa shape index (κ2) is 3.19. The van der Waals surface area contributed by atoms with Crippen LogP contribution in [0.5, 0.6) is 0 Å². The van der Waals surface area contributed by atoms with Gasteiger partial charge in [0, 0.05) is 6.04 Å². The second-order valence-electron chi connectivity index (χ2n) is 3.09.